The molecule has 1 fully saturated rings. The van der Waals surface area contributed by atoms with E-state index in [-0.39, 0.29) is 17.7 Å². The number of aromatic nitrogens is 3. The van der Waals surface area contributed by atoms with Crippen LogP contribution in [-0.4, -0.2) is 32.6 Å². The first-order chi connectivity index (χ1) is 12.9. The van der Waals surface area contributed by atoms with Crippen LogP contribution >= 0.6 is 35.0 Å². The standard InChI is InChI=1S/C18H23Cl2N5OS/c1-10-4-3-5-15(11(10)2)22-16(26)9-27-18-24-23-17(25(18)21)13-8-12(19)6-7-14(13)20/h6-8,10-11,15H,3-5,9,21H2,1-2H3,(H,22,26). The molecule has 0 saturated heterocycles. The lowest BCUT2D eigenvalue weighted by Gasteiger charge is -2.34. The number of halogens is 2. The Morgan fingerprint density at radius 1 is 1.33 bits per heavy atom. The Labute approximate surface area is 173 Å². The molecule has 3 N–H and O–H groups in total. The van der Waals surface area contributed by atoms with Crippen molar-refractivity contribution in [3.63, 3.8) is 0 Å². The van der Waals surface area contributed by atoms with Crippen LogP contribution in [-0.2, 0) is 4.79 Å². The number of nitrogens with two attached hydrogens (primary N) is 1. The number of carbonyl (C=O) groups excluding carboxylic acids is 1. The van der Waals surface area contributed by atoms with E-state index in [0.717, 1.165) is 12.8 Å². The summed E-state index contributed by atoms with van der Waals surface area (Å²) in [5.74, 6) is 7.84. The third kappa shape index (κ3) is 4.70. The van der Waals surface area contributed by atoms with Gasteiger partial charge < -0.3 is 11.2 Å². The largest absolute Gasteiger partial charge is 0.352 e. The molecule has 3 atom stereocenters. The van der Waals surface area contributed by atoms with Gasteiger partial charge in [-0.2, -0.15) is 0 Å². The van der Waals surface area contributed by atoms with Crippen LogP contribution in [0, 0.1) is 11.8 Å². The van der Waals surface area contributed by atoms with Crippen molar-refractivity contribution in [2.24, 2.45) is 11.8 Å². The predicted octanol–water partition coefficient (Wildman–Crippen LogP) is 4.00. The highest BCUT2D eigenvalue weighted by molar-refractivity contribution is 7.99. The molecule has 0 bridgehead atoms. The summed E-state index contributed by atoms with van der Waals surface area (Å²) in [5, 5.41) is 12.8. The van der Waals surface area contributed by atoms with Crippen molar-refractivity contribution < 1.29 is 4.79 Å². The summed E-state index contributed by atoms with van der Waals surface area (Å²) in [6.07, 6.45) is 3.42. The Balaban J connectivity index is 1.63. The molecule has 6 nitrogen and oxygen atoms in total. The zero-order chi connectivity index (χ0) is 19.6. The SMILES string of the molecule is CC1CCCC(NC(=O)CSc2nnc(-c3cc(Cl)ccc3Cl)n2N)C1C. The molecule has 1 aliphatic carbocycles. The maximum Gasteiger partial charge on any atom is 0.230 e. The van der Waals surface area contributed by atoms with E-state index in [4.69, 9.17) is 29.0 Å². The topological polar surface area (TPSA) is 85.8 Å². The molecular formula is C18H23Cl2N5OS. The molecule has 9 heteroatoms. The molecule has 3 rings (SSSR count). The van der Waals surface area contributed by atoms with Gasteiger partial charge in [0, 0.05) is 16.6 Å². The van der Waals surface area contributed by atoms with Crippen molar-refractivity contribution >= 4 is 40.9 Å². The molecule has 3 unspecified atom stereocenters. The van der Waals surface area contributed by atoms with E-state index in [1.807, 2.05) is 0 Å². The zero-order valence-electron chi connectivity index (χ0n) is 15.3. The second kappa shape index (κ2) is 8.71. The lowest BCUT2D eigenvalue weighted by Crippen LogP contribution is -2.44. The molecule has 1 aliphatic rings. The third-order valence-electron chi connectivity index (χ3n) is 5.22. The van der Waals surface area contributed by atoms with Crippen molar-refractivity contribution in [3.05, 3.63) is 28.2 Å². The lowest BCUT2D eigenvalue weighted by atomic mass is 9.78. The van der Waals surface area contributed by atoms with Gasteiger partial charge in [0.15, 0.2) is 5.82 Å². The lowest BCUT2D eigenvalue weighted by molar-refractivity contribution is -0.120. The van der Waals surface area contributed by atoms with E-state index < -0.39 is 0 Å². The summed E-state index contributed by atoms with van der Waals surface area (Å²) in [6.45, 7) is 4.45. The third-order valence-corrected chi connectivity index (χ3v) is 6.73. The fraction of sp³-hybridized carbons (Fsp3) is 0.500. The molecule has 0 spiro atoms. The van der Waals surface area contributed by atoms with Gasteiger partial charge in [-0.15, -0.1) is 10.2 Å². The van der Waals surface area contributed by atoms with Gasteiger partial charge in [-0.25, -0.2) is 4.68 Å². The summed E-state index contributed by atoms with van der Waals surface area (Å²) in [4.78, 5) is 12.4. The van der Waals surface area contributed by atoms with Crippen LogP contribution in [0.3, 0.4) is 0 Å². The van der Waals surface area contributed by atoms with Gasteiger partial charge >= 0.3 is 0 Å². The van der Waals surface area contributed by atoms with Crippen molar-refractivity contribution in [1.29, 1.82) is 0 Å². The van der Waals surface area contributed by atoms with Crippen molar-refractivity contribution in [1.82, 2.24) is 20.2 Å². The number of benzene rings is 1. The molecule has 1 aromatic heterocycles. The zero-order valence-corrected chi connectivity index (χ0v) is 17.6. The minimum atomic E-state index is -0.0173. The Morgan fingerprint density at radius 3 is 2.89 bits per heavy atom. The number of nitrogens with zero attached hydrogens (tertiary/aromatic N) is 3. The molecule has 0 aliphatic heterocycles. The van der Waals surface area contributed by atoms with Gasteiger partial charge in [-0.05, 0) is 36.5 Å². The van der Waals surface area contributed by atoms with Gasteiger partial charge in [0.25, 0.3) is 0 Å². The number of thioether (sulfide) groups is 1. The van der Waals surface area contributed by atoms with E-state index in [1.54, 1.807) is 18.2 Å². The molecule has 1 amide bonds. The van der Waals surface area contributed by atoms with Crippen molar-refractivity contribution in [3.8, 4) is 11.4 Å². The molecule has 1 aromatic carbocycles. The normalized spacial score (nSPS) is 22.6. The van der Waals surface area contributed by atoms with Gasteiger partial charge in [-0.3, -0.25) is 4.79 Å². The van der Waals surface area contributed by atoms with Crippen LogP contribution in [0.2, 0.25) is 10.0 Å². The Morgan fingerprint density at radius 2 is 2.11 bits per heavy atom. The fourth-order valence-corrected chi connectivity index (χ4v) is 4.43. The second-order valence-corrected chi connectivity index (χ2v) is 8.82. The average Bonchev–Trinajstić information content (AvgIpc) is 3.00. The highest BCUT2D eigenvalue weighted by Crippen LogP contribution is 2.31. The molecular weight excluding hydrogens is 405 g/mol. The number of hydrogen-bond acceptors (Lipinski definition) is 5. The number of nitrogen functional groups attached to an aromatic ring is 1. The van der Waals surface area contributed by atoms with E-state index in [9.17, 15) is 4.79 Å². The summed E-state index contributed by atoms with van der Waals surface area (Å²) >= 11 is 13.5. The Hall–Kier alpha value is -1.44. The quantitative estimate of drug-likeness (QED) is 0.556. The van der Waals surface area contributed by atoms with Crippen molar-refractivity contribution in [2.75, 3.05) is 11.6 Å². The van der Waals surface area contributed by atoms with E-state index in [2.05, 4.69) is 29.4 Å². The minimum absolute atomic E-state index is 0.0173. The first-order valence-electron chi connectivity index (χ1n) is 8.95. The molecule has 146 valence electrons. The highest BCUT2D eigenvalue weighted by atomic mass is 35.5. The van der Waals surface area contributed by atoms with Crippen LogP contribution in [0.4, 0.5) is 0 Å². The summed E-state index contributed by atoms with van der Waals surface area (Å²) in [5.41, 5.74) is 0.598. The maximum absolute atomic E-state index is 12.4. The number of rotatable bonds is 5. The van der Waals surface area contributed by atoms with Crippen LogP contribution in [0.5, 0.6) is 0 Å². The average molecular weight is 428 g/mol. The predicted molar refractivity (Wildman–Crippen MR) is 110 cm³/mol. The maximum atomic E-state index is 12.4. The van der Waals surface area contributed by atoms with Crippen LogP contribution < -0.4 is 11.2 Å². The van der Waals surface area contributed by atoms with E-state index in [0.29, 0.717) is 38.4 Å². The van der Waals surface area contributed by atoms with Crippen LogP contribution in [0.25, 0.3) is 11.4 Å². The van der Waals surface area contributed by atoms with E-state index in [1.165, 1.54) is 22.9 Å². The summed E-state index contributed by atoms with van der Waals surface area (Å²) in [7, 11) is 0. The minimum Gasteiger partial charge on any atom is -0.352 e. The molecule has 1 saturated carbocycles. The fourth-order valence-electron chi connectivity index (χ4n) is 3.39. The van der Waals surface area contributed by atoms with E-state index >= 15 is 0 Å². The molecule has 27 heavy (non-hydrogen) atoms. The van der Waals surface area contributed by atoms with Gasteiger partial charge in [0.1, 0.15) is 0 Å². The summed E-state index contributed by atoms with van der Waals surface area (Å²) in [6, 6.07) is 5.29. The highest BCUT2D eigenvalue weighted by Gasteiger charge is 2.28. The first kappa shape index (κ1) is 20.3. The Bertz CT molecular complexity index is 828. The van der Waals surface area contributed by atoms with Gasteiger partial charge in [0.2, 0.25) is 11.1 Å². The van der Waals surface area contributed by atoms with Crippen LogP contribution in [0.1, 0.15) is 33.1 Å². The number of nitrogens with one attached hydrogen (secondary N) is 1. The molecule has 1 heterocycles. The number of hydrogen-bond donors (Lipinski definition) is 2. The van der Waals surface area contributed by atoms with Gasteiger partial charge in [-0.1, -0.05) is 61.7 Å². The van der Waals surface area contributed by atoms with Crippen LogP contribution in [0.15, 0.2) is 23.4 Å². The smallest absolute Gasteiger partial charge is 0.230 e. The number of carbonyl (C=O) groups is 1. The number of amides is 1. The molecule has 2 aromatic rings. The second-order valence-electron chi connectivity index (χ2n) is 7.03. The first-order valence-corrected chi connectivity index (χ1v) is 10.7. The molecule has 0 radical (unpaired) electrons. The van der Waals surface area contributed by atoms with Gasteiger partial charge in [0.05, 0.1) is 10.8 Å². The summed E-state index contributed by atoms with van der Waals surface area (Å²) < 4.78 is 1.33. The monoisotopic (exact) mass is 427 g/mol. The van der Waals surface area contributed by atoms with Crippen molar-refractivity contribution in [2.45, 2.75) is 44.3 Å². The Kier molecular flexibility index (Phi) is 6.55.